The zero-order valence-corrected chi connectivity index (χ0v) is 20.4. The average molecular weight is 505 g/mol. The number of nitrogens with zero attached hydrogens (tertiary/aromatic N) is 2. The molecule has 0 bridgehead atoms. The second kappa shape index (κ2) is 8.15. The molecule has 4 aromatic carbocycles. The van der Waals surface area contributed by atoms with Gasteiger partial charge in [-0.25, -0.2) is 4.90 Å². The molecule has 2 fully saturated rings. The average Bonchev–Trinajstić information content (AvgIpc) is 3.40. The smallest absolute Gasteiger partial charge is 0.240 e. The van der Waals surface area contributed by atoms with Crippen LogP contribution in [0.15, 0.2) is 97.2 Å². The van der Waals surface area contributed by atoms with Crippen molar-refractivity contribution in [1.29, 1.82) is 0 Å². The number of fused-ring (bicyclic) bond motifs is 6. The molecule has 0 aliphatic carbocycles. The minimum atomic E-state index is -0.803. The van der Waals surface area contributed by atoms with Crippen LogP contribution in [0.25, 0.3) is 16.8 Å². The molecule has 0 aromatic heterocycles. The number of imide groups is 1. The number of amides is 2. The van der Waals surface area contributed by atoms with Crippen LogP contribution in [0.1, 0.15) is 27.5 Å². The summed E-state index contributed by atoms with van der Waals surface area (Å²) in [6, 6.07) is 26.8. The molecule has 6 heteroatoms. The number of hydrogen-bond donors (Lipinski definition) is 0. The molecule has 2 amide bonds. The van der Waals surface area contributed by atoms with Crippen LogP contribution in [0.3, 0.4) is 0 Å². The van der Waals surface area contributed by atoms with E-state index in [-0.39, 0.29) is 17.6 Å². The van der Waals surface area contributed by atoms with Gasteiger partial charge in [-0.15, -0.1) is 0 Å². The largest absolute Gasteiger partial charge is 0.358 e. The Bertz CT molecular complexity index is 1640. The summed E-state index contributed by atoms with van der Waals surface area (Å²) >= 11 is 6.06. The van der Waals surface area contributed by atoms with Crippen LogP contribution in [0.5, 0.6) is 0 Å². The Balaban J connectivity index is 1.37. The number of rotatable bonds is 3. The number of ketones is 1. The summed E-state index contributed by atoms with van der Waals surface area (Å²) in [6.07, 6.45) is 3.82. The topological polar surface area (TPSA) is 57.7 Å². The molecule has 37 heavy (non-hydrogen) atoms. The molecule has 3 heterocycles. The third-order valence-corrected chi connectivity index (χ3v) is 8.10. The molecule has 0 spiro atoms. The maximum absolute atomic E-state index is 14.1. The van der Waals surface area contributed by atoms with E-state index in [2.05, 4.69) is 0 Å². The maximum Gasteiger partial charge on any atom is 0.240 e. The minimum absolute atomic E-state index is 0.195. The van der Waals surface area contributed by atoms with Gasteiger partial charge in [0.2, 0.25) is 11.8 Å². The van der Waals surface area contributed by atoms with E-state index < -0.39 is 23.9 Å². The molecule has 4 atom stereocenters. The number of hydrogen-bond acceptors (Lipinski definition) is 4. The molecule has 0 N–H and O–H groups in total. The highest BCUT2D eigenvalue weighted by Gasteiger charge is 2.64. The van der Waals surface area contributed by atoms with Gasteiger partial charge < -0.3 is 4.90 Å². The van der Waals surface area contributed by atoms with E-state index in [1.165, 1.54) is 4.90 Å². The van der Waals surface area contributed by atoms with Crippen LogP contribution in [-0.2, 0) is 9.59 Å². The lowest BCUT2D eigenvalue weighted by molar-refractivity contribution is -0.123. The van der Waals surface area contributed by atoms with E-state index in [1.54, 1.807) is 24.3 Å². The van der Waals surface area contributed by atoms with E-state index in [1.807, 2.05) is 83.9 Å². The first-order valence-electron chi connectivity index (χ1n) is 12.2. The van der Waals surface area contributed by atoms with Gasteiger partial charge in [-0.1, -0.05) is 66.2 Å². The van der Waals surface area contributed by atoms with Crippen LogP contribution < -0.4 is 4.90 Å². The van der Waals surface area contributed by atoms with Gasteiger partial charge in [0, 0.05) is 16.8 Å². The predicted molar refractivity (Wildman–Crippen MR) is 143 cm³/mol. The third kappa shape index (κ3) is 3.20. The summed E-state index contributed by atoms with van der Waals surface area (Å²) in [5, 5.41) is 2.50. The van der Waals surface area contributed by atoms with Gasteiger partial charge in [0.15, 0.2) is 5.78 Å². The SMILES string of the molecule is O=C(c1ccc(Cl)cc1)[C@@H]1[C@@H]2C(=O)N(c3ccc4ccccc4c3)C(=O)[C@@H]2[C@@H]2c3ccccc3C=CN12. The second-order valence-corrected chi connectivity index (χ2v) is 10.2. The lowest BCUT2D eigenvalue weighted by atomic mass is 9.83. The second-order valence-electron chi connectivity index (χ2n) is 9.75. The zero-order valence-electron chi connectivity index (χ0n) is 19.6. The van der Waals surface area contributed by atoms with E-state index in [4.69, 9.17) is 11.6 Å². The van der Waals surface area contributed by atoms with Crippen molar-refractivity contribution in [3.63, 3.8) is 0 Å². The predicted octanol–water partition coefficient (Wildman–Crippen LogP) is 5.89. The molecule has 3 aliphatic rings. The maximum atomic E-state index is 14.1. The Kier molecular flexibility index (Phi) is 4.85. The molecule has 0 saturated carbocycles. The first-order chi connectivity index (χ1) is 18.0. The lowest BCUT2D eigenvalue weighted by Crippen LogP contribution is -2.44. The first-order valence-corrected chi connectivity index (χ1v) is 12.6. The minimum Gasteiger partial charge on any atom is -0.358 e. The van der Waals surface area contributed by atoms with Gasteiger partial charge in [-0.3, -0.25) is 14.4 Å². The summed E-state index contributed by atoms with van der Waals surface area (Å²) in [7, 11) is 0. The van der Waals surface area contributed by atoms with Crippen LogP contribution in [0, 0.1) is 11.8 Å². The van der Waals surface area contributed by atoms with Crippen LogP contribution in [0.2, 0.25) is 5.02 Å². The number of Topliss-reactive ketones (excluding diaryl/α,β-unsaturated/α-hetero) is 1. The number of carbonyl (C=O) groups excluding carboxylic acids is 3. The summed E-state index contributed by atoms with van der Waals surface area (Å²) < 4.78 is 0. The fourth-order valence-electron chi connectivity index (χ4n) is 6.21. The van der Waals surface area contributed by atoms with E-state index in [0.29, 0.717) is 16.3 Å². The Morgan fingerprint density at radius 3 is 2.27 bits per heavy atom. The molecular weight excluding hydrogens is 484 g/mol. The molecule has 180 valence electrons. The van der Waals surface area contributed by atoms with Crippen molar-refractivity contribution in [3.8, 4) is 0 Å². The van der Waals surface area contributed by atoms with Gasteiger partial charge in [-0.05, 0) is 64.4 Å². The van der Waals surface area contributed by atoms with Crippen molar-refractivity contribution in [2.75, 3.05) is 4.90 Å². The van der Waals surface area contributed by atoms with E-state index in [0.717, 1.165) is 21.9 Å². The molecule has 5 nitrogen and oxygen atoms in total. The highest BCUT2D eigenvalue weighted by Crippen LogP contribution is 2.53. The van der Waals surface area contributed by atoms with Gasteiger partial charge in [0.1, 0.15) is 6.04 Å². The number of anilines is 1. The highest BCUT2D eigenvalue weighted by atomic mass is 35.5. The summed E-state index contributed by atoms with van der Waals surface area (Å²) in [5.41, 5.74) is 2.94. The Labute approximate surface area is 218 Å². The first kappa shape index (κ1) is 22.0. The fourth-order valence-corrected chi connectivity index (χ4v) is 6.34. The summed E-state index contributed by atoms with van der Waals surface area (Å²) in [6.45, 7) is 0. The molecule has 0 radical (unpaired) electrons. The molecule has 7 rings (SSSR count). The van der Waals surface area contributed by atoms with Crippen LogP contribution >= 0.6 is 11.6 Å². The van der Waals surface area contributed by atoms with Crippen molar-refractivity contribution in [2.45, 2.75) is 12.1 Å². The van der Waals surface area contributed by atoms with Crippen LogP contribution in [-0.4, -0.2) is 28.5 Å². The van der Waals surface area contributed by atoms with Crippen LogP contribution in [0.4, 0.5) is 5.69 Å². The molecule has 4 aromatic rings. The lowest BCUT2D eigenvalue weighted by Gasteiger charge is -2.35. The van der Waals surface area contributed by atoms with Crippen molar-refractivity contribution in [3.05, 3.63) is 119 Å². The van der Waals surface area contributed by atoms with Crippen molar-refractivity contribution in [1.82, 2.24) is 4.90 Å². The monoisotopic (exact) mass is 504 g/mol. The van der Waals surface area contributed by atoms with Gasteiger partial charge in [0.25, 0.3) is 0 Å². The normalized spacial score (nSPS) is 23.8. The van der Waals surface area contributed by atoms with Gasteiger partial charge in [0.05, 0.1) is 23.6 Å². The molecule has 2 saturated heterocycles. The molecule has 3 aliphatic heterocycles. The van der Waals surface area contributed by atoms with E-state index in [9.17, 15) is 14.4 Å². The fraction of sp³-hybridized carbons (Fsp3) is 0.129. The van der Waals surface area contributed by atoms with E-state index >= 15 is 0 Å². The number of halogens is 1. The highest BCUT2D eigenvalue weighted by molar-refractivity contribution is 6.30. The zero-order chi connectivity index (χ0) is 25.3. The number of benzene rings is 4. The van der Waals surface area contributed by atoms with Gasteiger partial charge >= 0.3 is 0 Å². The third-order valence-electron chi connectivity index (χ3n) is 7.85. The Hall–Kier alpha value is -4.22. The van der Waals surface area contributed by atoms with Crippen molar-refractivity contribution >= 4 is 51.7 Å². The molecular formula is C31H21ClN2O3. The number of carbonyl (C=O) groups is 3. The quantitative estimate of drug-likeness (QED) is 0.258. The summed E-state index contributed by atoms with van der Waals surface area (Å²) in [5.74, 6) is -2.27. The standard InChI is InChI=1S/C31H21ClN2O3/c32-22-12-9-20(10-13-22)29(35)28-26-25(27-24-8-4-3-6-19(24)15-16-33(27)28)30(36)34(31(26)37)23-14-11-18-5-1-2-7-21(18)17-23/h1-17,25-28H/t25-,26+,27-,28-/m0/s1. The van der Waals surface area contributed by atoms with Gasteiger partial charge in [-0.2, -0.15) is 0 Å². The Morgan fingerprint density at radius 2 is 1.46 bits per heavy atom. The Morgan fingerprint density at radius 1 is 0.757 bits per heavy atom. The van der Waals surface area contributed by atoms with Crippen molar-refractivity contribution in [2.24, 2.45) is 11.8 Å². The van der Waals surface area contributed by atoms with Crippen molar-refractivity contribution < 1.29 is 14.4 Å². The molecule has 0 unspecified atom stereocenters. The summed E-state index contributed by atoms with van der Waals surface area (Å²) in [4.78, 5) is 45.3.